The molecule has 3 rings (SSSR count). The van der Waals surface area contributed by atoms with Gasteiger partial charge in [0, 0.05) is 18.3 Å². The summed E-state index contributed by atoms with van der Waals surface area (Å²) in [5.74, 6) is 1.17. The van der Waals surface area contributed by atoms with Crippen LogP contribution >= 0.6 is 12.2 Å². The second-order valence-electron chi connectivity index (χ2n) is 7.71. The lowest BCUT2D eigenvalue weighted by atomic mass is 9.93. The van der Waals surface area contributed by atoms with Crippen LogP contribution in [0.25, 0.3) is 0 Å². The third kappa shape index (κ3) is 5.20. The summed E-state index contributed by atoms with van der Waals surface area (Å²) in [7, 11) is 3.10. The Morgan fingerprint density at radius 1 is 1.15 bits per heavy atom. The first-order valence-electron chi connectivity index (χ1n) is 11.1. The molecule has 1 heterocycles. The van der Waals surface area contributed by atoms with Crippen LogP contribution < -0.4 is 24.8 Å². The first-order chi connectivity index (χ1) is 16.3. The molecule has 0 saturated heterocycles. The number of phenols is 1. The maximum atomic E-state index is 13.7. The van der Waals surface area contributed by atoms with E-state index >= 15 is 0 Å². The van der Waals surface area contributed by atoms with Gasteiger partial charge < -0.3 is 34.9 Å². The number of hydrogen-bond acceptors (Lipinski definition) is 6. The summed E-state index contributed by atoms with van der Waals surface area (Å²) in [6.07, 6.45) is 0.857. The van der Waals surface area contributed by atoms with Crippen molar-refractivity contribution in [2.45, 2.75) is 33.2 Å². The van der Waals surface area contributed by atoms with Crippen LogP contribution in [-0.2, 0) is 4.79 Å². The van der Waals surface area contributed by atoms with Crippen LogP contribution in [0.4, 0.5) is 5.69 Å². The summed E-state index contributed by atoms with van der Waals surface area (Å²) in [6.45, 7) is 6.85. The summed E-state index contributed by atoms with van der Waals surface area (Å²) in [6, 6.07) is 9.69. The van der Waals surface area contributed by atoms with Gasteiger partial charge in [-0.2, -0.15) is 0 Å². The Bertz CT molecular complexity index is 1100. The Hall–Kier alpha value is -3.46. The molecule has 1 aliphatic rings. The van der Waals surface area contributed by atoms with E-state index in [-0.39, 0.29) is 11.7 Å². The molecule has 1 amide bonds. The van der Waals surface area contributed by atoms with E-state index in [2.05, 4.69) is 17.6 Å². The number of rotatable bonds is 9. The smallest absolute Gasteiger partial charge is 0.255 e. The number of carbonyl (C=O) groups excluding carboxylic acids is 1. The molecular formula is C25H31N3O5S. The van der Waals surface area contributed by atoms with Crippen LogP contribution in [0.1, 0.15) is 38.8 Å². The summed E-state index contributed by atoms with van der Waals surface area (Å²) in [5.41, 5.74) is 2.48. The second kappa shape index (κ2) is 11.1. The molecule has 9 heteroatoms. The van der Waals surface area contributed by atoms with Crippen molar-refractivity contribution in [1.82, 2.24) is 10.2 Å². The summed E-state index contributed by atoms with van der Waals surface area (Å²) in [5, 5.41) is 17.0. The summed E-state index contributed by atoms with van der Waals surface area (Å²) in [4.78, 5) is 15.6. The number of hydrogen-bond donors (Lipinski definition) is 3. The van der Waals surface area contributed by atoms with Gasteiger partial charge in [-0.3, -0.25) is 4.79 Å². The number of ether oxygens (including phenoxy) is 3. The highest BCUT2D eigenvalue weighted by molar-refractivity contribution is 7.80. The molecule has 0 spiro atoms. The van der Waals surface area contributed by atoms with Gasteiger partial charge in [0.15, 0.2) is 16.6 Å². The summed E-state index contributed by atoms with van der Waals surface area (Å²) >= 11 is 5.63. The highest BCUT2D eigenvalue weighted by Crippen LogP contribution is 2.37. The molecule has 3 N–H and O–H groups in total. The van der Waals surface area contributed by atoms with Crippen LogP contribution in [0.3, 0.4) is 0 Å². The van der Waals surface area contributed by atoms with E-state index in [4.69, 9.17) is 26.4 Å². The second-order valence-corrected chi connectivity index (χ2v) is 8.10. The molecule has 0 radical (unpaired) electrons. The predicted octanol–water partition coefficient (Wildman–Crippen LogP) is 4.36. The van der Waals surface area contributed by atoms with Crippen molar-refractivity contribution in [2.75, 3.05) is 32.7 Å². The van der Waals surface area contributed by atoms with Gasteiger partial charge in [-0.05, 0) is 62.3 Å². The Labute approximate surface area is 205 Å². The minimum Gasteiger partial charge on any atom is -0.504 e. The van der Waals surface area contributed by atoms with Crippen molar-refractivity contribution < 1.29 is 24.1 Å². The van der Waals surface area contributed by atoms with Gasteiger partial charge in [-0.1, -0.05) is 13.0 Å². The molecule has 0 fully saturated rings. The zero-order valence-corrected chi connectivity index (χ0v) is 20.9. The van der Waals surface area contributed by atoms with Crippen LogP contribution in [0.15, 0.2) is 47.7 Å². The Balaban J connectivity index is 2.08. The Kier molecular flexibility index (Phi) is 8.22. The van der Waals surface area contributed by atoms with Gasteiger partial charge >= 0.3 is 0 Å². The normalized spacial score (nSPS) is 15.6. The van der Waals surface area contributed by atoms with E-state index < -0.39 is 6.04 Å². The highest BCUT2D eigenvalue weighted by atomic mass is 32.1. The van der Waals surface area contributed by atoms with Crippen molar-refractivity contribution in [3.8, 4) is 23.0 Å². The van der Waals surface area contributed by atoms with Crippen LogP contribution in [0, 0.1) is 0 Å². The van der Waals surface area contributed by atoms with Crippen molar-refractivity contribution in [2.24, 2.45) is 0 Å². The topological polar surface area (TPSA) is 92.3 Å². The maximum Gasteiger partial charge on any atom is 0.255 e. The molecule has 0 bridgehead atoms. The predicted molar refractivity (Wildman–Crippen MR) is 136 cm³/mol. The molecule has 0 aromatic heterocycles. The fourth-order valence-corrected chi connectivity index (χ4v) is 4.25. The third-order valence-electron chi connectivity index (χ3n) is 5.56. The number of phenolic OH excluding ortho intramolecular Hbond substituents is 1. The molecule has 8 nitrogen and oxygen atoms in total. The van der Waals surface area contributed by atoms with Crippen molar-refractivity contribution in [3.05, 3.63) is 53.2 Å². The van der Waals surface area contributed by atoms with Crippen molar-refractivity contribution >= 4 is 28.9 Å². The molecule has 1 aliphatic heterocycles. The first-order valence-corrected chi connectivity index (χ1v) is 11.5. The zero-order chi connectivity index (χ0) is 24.8. The third-order valence-corrected chi connectivity index (χ3v) is 5.90. The number of nitrogens with zero attached hydrogens (tertiary/aromatic N) is 1. The molecule has 182 valence electrons. The number of methoxy groups -OCH3 is 2. The van der Waals surface area contributed by atoms with E-state index in [1.165, 1.54) is 0 Å². The number of carbonyl (C=O) groups is 1. The van der Waals surface area contributed by atoms with Gasteiger partial charge in [0.25, 0.3) is 5.91 Å². The van der Waals surface area contributed by atoms with Gasteiger partial charge in [0.05, 0.1) is 38.1 Å². The monoisotopic (exact) mass is 485 g/mol. The van der Waals surface area contributed by atoms with Crippen LogP contribution in [0.5, 0.6) is 23.0 Å². The number of nitrogens with one attached hydrogen (secondary N) is 2. The maximum absolute atomic E-state index is 13.7. The fraction of sp³-hybridized carbons (Fsp3) is 0.360. The molecular weight excluding hydrogens is 454 g/mol. The average Bonchev–Trinajstić information content (AvgIpc) is 2.82. The lowest BCUT2D eigenvalue weighted by Gasteiger charge is -2.38. The number of aromatic hydroxyl groups is 1. The van der Waals surface area contributed by atoms with E-state index in [1.807, 2.05) is 18.7 Å². The SMILES string of the molecule is CCCN1C(=S)NC(c2ccc(O)c(OCC)c2)C(C(=O)Nc2cc(OC)ccc2OC)=C1C. The standard InChI is InChI=1S/C25H31N3O5S/c1-6-12-28-15(3)22(24(30)26-18-14-17(31-4)9-11-20(18)32-5)23(27-25(28)34)16-8-10-19(29)21(13-16)33-7-2/h8-11,13-14,23,29H,6-7,12H2,1-5H3,(H,26,30)(H,27,34). The number of thiocarbonyl (C=S) groups is 1. The van der Waals surface area contributed by atoms with Crippen LogP contribution in [-0.4, -0.2) is 48.4 Å². The lowest BCUT2D eigenvalue weighted by molar-refractivity contribution is -0.113. The number of amides is 1. The lowest BCUT2D eigenvalue weighted by Crippen LogP contribution is -2.48. The molecule has 1 atom stereocenters. The molecule has 0 saturated carbocycles. The summed E-state index contributed by atoms with van der Waals surface area (Å²) < 4.78 is 16.3. The minimum atomic E-state index is -0.544. The Morgan fingerprint density at radius 3 is 2.56 bits per heavy atom. The molecule has 2 aromatic carbocycles. The van der Waals surface area contributed by atoms with Crippen molar-refractivity contribution in [3.63, 3.8) is 0 Å². The molecule has 1 unspecified atom stereocenters. The first kappa shape index (κ1) is 25.2. The van der Waals surface area contributed by atoms with Crippen molar-refractivity contribution in [1.29, 1.82) is 0 Å². The van der Waals surface area contributed by atoms with Gasteiger partial charge in [0.1, 0.15) is 11.5 Å². The number of allylic oxidation sites excluding steroid dienone is 1. The van der Waals surface area contributed by atoms with Gasteiger partial charge in [-0.25, -0.2) is 0 Å². The van der Waals surface area contributed by atoms with E-state index in [1.54, 1.807) is 50.6 Å². The average molecular weight is 486 g/mol. The Morgan fingerprint density at radius 2 is 1.91 bits per heavy atom. The molecule has 0 aliphatic carbocycles. The quantitative estimate of drug-likeness (QED) is 0.451. The van der Waals surface area contributed by atoms with Gasteiger partial charge in [0.2, 0.25) is 0 Å². The molecule has 2 aromatic rings. The van der Waals surface area contributed by atoms with E-state index in [0.717, 1.165) is 17.7 Å². The minimum absolute atomic E-state index is 0.0319. The number of anilines is 1. The highest BCUT2D eigenvalue weighted by Gasteiger charge is 2.34. The zero-order valence-electron chi connectivity index (χ0n) is 20.1. The number of benzene rings is 2. The molecule has 34 heavy (non-hydrogen) atoms. The fourth-order valence-electron chi connectivity index (χ4n) is 3.90. The van der Waals surface area contributed by atoms with Crippen LogP contribution in [0.2, 0.25) is 0 Å². The van der Waals surface area contributed by atoms with E-state index in [9.17, 15) is 9.90 Å². The largest absolute Gasteiger partial charge is 0.504 e. The van der Waals surface area contributed by atoms with Gasteiger partial charge in [-0.15, -0.1) is 0 Å². The van der Waals surface area contributed by atoms with E-state index in [0.29, 0.717) is 46.8 Å².